The van der Waals surface area contributed by atoms with Crippen LogP contribution in [-0.2, 0) is 0 Å². The maximum Gasteiger partial charge on any atom is 0.0940 e. The lowest BCUT2D eigenvalue weighted by atomic mass is 10.2. The lowest BCUT2D eigenvalue weighted by Crippen LogP contribution is -2.45. The highest BCUT2D eigenvalue weighted by molar-refractivity contribution is 4.87. The Hall–Kier alpha value is -0.630. The molecule has 13 heavy (non-hydrogen) atoms. The summed E-state index contributed by atoms with van der Waals surface area (Å²) in [5.41, 5.74) is 5.52. The molecule has 74 valence electrons. The number of nitrogens with zero attached hydrogens (tertiary/aromatic N) is 3. The molecule has 4 nitrogen and oxygen atoms in total. The molecule has 0 radical (unpaired) electrons. The van der Waals surface area contributed by atoms with Crippen molar-refractivity contribution >= 4 is 0 Å². The van der Waals surface area contributed by atoms with Gasteiger partial charge in [-0.05, 0) is 13.5 Å². The minimum absolute atomic E-state index is 0.292. The van der Waals surface area contributed by atoms with Crippen LogP contribution in [0.25, 0.3) is 0 Å². The number of hydrogen-bond donors (Lipinski definition) is 1. The Bertz CT molecular complexity index is 179. The maximum absolute atomic E-state index is 8.50. The van der Waals surface area contributed by atoms with Crippen LogP contribution >= 0.6 is 0 Å². The van der Waals surface area contributed by atoms with Crippen molar-refractivity contribution < 1.29 is 0 Å². The van der Waals surface area contributed by atoms with Gasteiger partial charge in [-0.25, -0.2) is 0 Å². The second kappa shape index (κ2) is 5.18. The average molecular weight is 182 g/mol. The zero-order chi connectivity index (χ0) is 9.68. The number of hydrogen-bond acceptors (Lipinski definition) is 4. The summed E-state index contributed by atoms with van der Waals surface area (Å²) in [4.78, 5) is 4.69. The highest BCUT2D eigenvalue weighted by atomic mass is 15.2. The Balaban J connectivity index is 2.13. The zero-order valence-corrected chi connectivity index (χ0v) is 8.24. The van der Waals surface area contributed by atoms with E-state index >= 15 is 0 Å². The molecule has 1 rings (SSSR count). The summed E-state index contributed by atoms with van der Waals surface area (Å²) in [6, 6.07) is 1.76. The number of piperazine rings is 1. The molecule has 1 aliphatic rings. The molecule has 0 spiro atoms. The van der Waals surface area contributed by atoms with Gasteiger partial charge in [0.05, 0.1) is 12.1 Å². The van der Waals surface area contributed by atoms with Gasteiger partial charge in [0, 0.05) is 32.7 Å². The van der Waals surface area contributed by atoms with Crippen LogP contribution in [0, 0.1) is 11.3 Å². The summed E-state index contributed by atoms with van der Waals surface area (Å²) >= 11 is 0. The Labute approximate surface area is 79.9 Å². The van der Waals surface area contributed by atoms with Gasteiger partial charge < -0.3 is 15.5 Å². The van der Waals surface area contributed by atoms with Crippen LogP contribution in [0.1, 0.15) is 6.42 Å². The summed E-state index contributed by atoms with van der Waals surface area (Å²) in [7, 11) is 2.14. The van der Waals surface area contributed by atoms with Gasteiger partial charge in [0.25, 0.3) is 0 Å². The minimum atomic E-state index is -0.292. The molecule has 4 heteroatoms. The highest BCUT2D eigenvalue weighted by Crippen LogP contribution is 2.00. The topological polar surface area (TPSA) is 56.3 Å². The average Bonchev–Trinajstić information content (AvgIpc) is 2.16. The van der Waals surface area contributed by atoms with Crippen LogP contribution in [0.15, 0.2) is 0 Å². The molecule has 1 unspecified atom stereocenters. The summed E-state index contributed by atoms with van der Waals surface area (Å²) in [6.45, 7) is 5.43. The van der Waals surface area contributed by atoms with Crippen LogP contribution in [0.5, 0.6) is 0 Å². The second-order valence-electron chi connectivity index (χ2n) is 3.67. The van der Waals surface area contributed by atoms with Crippen molar-refractivity contribution in [3.05, 3.63) is 0 Å². The van der Waals surface area contributed by atoms with Crippen molar-refractivity contribution in [3.63, 3.8) is 0 Å². The minimum Gasteiger partial charge on any atom is -0.316 e. The third kappa shape index (κ3) is 3.73. The normalized spacial score (nSPS) is 22.5. The third-order valence-corrected chi connectivity index (χ3v) is 2.52. The van der Waals surface area contributed by atoms with E-state index in [1.54, 1.807) is 0 Å². The van der Waals surface area contributed by atoms with Crippen LogP contribution in [0.3, 0.4) is 0 Å². The van der Waals surface area contributed by atoms with E-state index in [4.69, 9.17) is 11.0 Å². The lowest BCUT2D eigenvalue weighted by Gasteiger charge is -2.32. The molecule has 2 N–H and O–H groups in total. The van der Waals surface area contributed by atoms with Crippen LogP contribution < -0.4 is 5.73 Å². The molecule has 0 aromatic heterocycles. The fourth-order valence-corrected chi connectivity index (χ4v) is 1.46. The second-order valence-corrected chi connectivity index (χ2v) is 3.67. The molecule has 1 saturated heterocycles. The number of rotatable bonds is 3. The largest absolute Gasteiger partial charge is 0.316 e. The number of nitriles is 1. The van der Waals surface area contributed by atoms with Crippen molar-refractivity contribution in [1.82, 2.24) is 9.80 Å². The SMILES string of the molecule is CN1CCN(CCC(N)C#N)CC1. The molecular weight excluding hydrogens is 164 g/mol. The fourth-order valence-electron chi connectivity index (χ4n) is 1.46. The molecular formula is C9H18N4. The van der Waals surface area contributed by atoms with E-state index in [0.717, 1.165) is 39.1 Å². The first-order valence-electron chi connectivity index (χ1n) is 4.78. The molecule has 0 saturated carbocycles. The molecule has 0 aromatic rings. The van der Waals surface area contributed by atoms with E-state index in [0.29, 0.717) is 0 Å². The molecule has 1 heterocycles. The monoisotopic (exact) mass is 182 g/mol. The third-order valence-electron chi connectivity index (χ3n) is 2.52. The molecule has 1 aliphatic heterocycles. The van der Waals surface area contributed by atoms with Gasteiger partial charge in [-0.3, -0.25) is 0 Å². The van der Waals surface area contributed by atoms with Gasteiger partial charge in [0.2, 0.25) is 0 Å². The predicted octanol–water partition coefficient (Wildman–Crippen LogP) is -0.525. The summed E-state index contributed by atoms with van der Waals surface area (Å²) in [5, 5.41) is 8.50. The number of likely N-dealkylation sites (N-methyl/N-ethyl adjacent to an activating group) is 1. The highest BCUT2D eigenvalue weighted by Gasteiger charge is 2.13. The van der Waals surface area contributed by atoms with E-state index in [-0.39, 0.29) is 6.04 Å². The first-order chi connectivity index (χ1) is 6.22. The first-order valence-corrected chi connectivity index (χ1v) is 4.78. The molecule has 0 amide bonds. The van der Waals surface area contributed by atoms with E-state index in [2.05, 4.69) is 22.9 Å². The van der Waals surface area contributed by atoms with Gasteiger partial charge in [-0.15, -0.1) is 0 Å². The molecule has 0 aromatic carbocycles. The van der Waals surface area contributed by atoms with Gasteiger partial charge in [0.1, 0.15) is 0 Å². The van der Waals surface area contributed by atoms with E-state index < -0.39 is 0 Å². The Morgan fingerprint density at radius 3 is 2.54 bits per heavy atom. The smallest absolute Gasteiger partial charge is 0.0940 e. The van der Waals surface area contributed by atoms with Gasteiger partial charge in [0.15, 0.2) is 0 Å². The van der Waals surface area contributed by atoms with E-state index in [1.165, 1.54) is 0 Å². The van der Waals surface area contributed by atoms with Crippen LogP contribution in [-0.4, -0.2) is 55.6 Å². The van der Waals surface area contributed by atoms with Crippen molar-refractivity contribution in [1.29, 1.82) is 5.26 Å². The van der Waals surface area contributed by atoms with Crippen molar-refractivity contribution in [2.24, 2.45) is 5.73 Å². The molecule has 0 bridgehead atoms. The van der Waals surface area contributed by atoms with E-state index in [1.807, 2.05) is 0 Å². The summed E-state index contributed by atoms with van der Waals surface area (Å²) in [5.74, 6) is 0. The zero-order valence-electron chi connectivity index (χ0n) is 8.24. The van der Waals surface area contributed by atoms with Gasteiger partial charge >= 0.3 is 0 Å². The predicted molar refractivity (Wildman–Crippen MR) is 52.1 cm³/mol. The van der Waals surface area contributed by atoms with Crippen LogP contribution in [0.2, 0.25) is 0 Å². The van der Waals surface area contributed by atoms with Gasteiger partial charge in [-0.1, -0.05) is 0 Å². The fraction of sp³-hybridized carbons (Fsp3) is 0.889. The summed E-state index contributed by atoms with van der Waals surface area (Å²) in [6.07, 6.45) is 0.792. The Morgan fingerprint density at radius 2 is 2.00 bits per heavy atom. The molecule has 1 atom stereocenters. The van der Waals surface area contributed by atoms with Crippen LogP contribution in [0.4, 0.5) is 0 Å². The van der Waals surface area contributed by atoms with Crippen molar-refractivity contribution in [2.75, 3.05) is 39.8 Å². The molecule has 1 fully saturated rings. The maximum atomic E-state index is 8.50. The Kier molecular flexibility index (Phi) is 4.16. The number of nitrogens with two attached hydrogens (primary N) is 1. The van der Waals surface area contributed by atoms with Gasteiger partial charge in [-0.2, -0.15) is 5.26 Å². The Morgan fingerprint density at radius 1 is 1.38 bits per heavy atom. The summed E-state index contributed by atoms with van der Waals surface area (Å²) < 4.78 is 0. The first kappa shape index (κ1) is 10.5. The van der Waals surface area contributed by atoms with Crippen molar-refractivity contribution in [3.8, 4) is 6.07 Å². The molecule has 0 aliphatic carbocycles. The standard InChI is InChI=1S/C9H18N4/c1-12-4-6-13(7-5-12)3-2-9(11)8-10/h9H,2-7,11H2,1H3. The van der Waals surface area contributed by atoms with Crippen molar-refractivity contribution in [2.45, 2.75) is 12.5 Å². The lowest BCUT2D eigenvalue weighted by molar-refractivity contribution is 0.152. The van der Waals surface area contributed by atoms with E-state index in [9.17, 15) is 0 Å². The quantitative estimate of drug-likeness (QED) is 0.638.